The van der Waals surface area contributed by atoms with Crippen molar-refractivity contribution in [2.24, 2.45) is 5.92 Å². The molecule has 2 fully saturated rings. The largest absolute Gasteiger partial charge is 0.343 e. The van der Waals surface area contributed by atoms with E-state index < -0.39 is 0 Å². The highest BCUT2D eigenvalue weighted by Crippen LogP contribution is 2.29. The molecule has 0 aromatic carbocycles. The zero-order valence-corrected chi connectivity index (χ0v) is 12.1. The zero-order chi connectivity index (χ0) is 13.3. The molecule has 0 saturated carbocycles. The predicted octanol–water partition coefficient (Wildman–Crippen LogP) is 1.25. The second kappa shape index (κ2) is 5.51. The molecule has 102 valence electrons. The quantitative estimate of drug-likeness (QED) is 0.840. The van der Waals surface area contributed by atoms with E-state index in [1.165, 1.54) is 0 Å². The van der Waals surface area contributed by atoms with E-state index in [1.807, 2.05) is 37.4 Å². The molecule has 2 saturated heterocycles. The molecule has 0 bridgehead atoms. The molecule has 2 heterocycles. The lowest BCUT2D eigenvalue weighted by molar-refractivity contribution is -0.153. The molecule has 3 unspecified atom stereocenters. The Kier molecular flexibility index (Phi) is 4.20. The van der Waals surface area contributed by atoms with Crippen molar-refractivity contribution in [1.29, 1.82) is 0 Å². The molecule has 0 aromatic heterocycles. The lowest BCUT2D eigenvalue weighted by Crippen LogP contribution is -2.67. The van der Waals surface area contributed by atoms with Gasteiger partial charge in [0.05, 0.1) is 0 Å². The summed E-state index contributed by atoms with van der Waals surface area (Å²) >= 11 is 1.88. The zero-order valence-electron chi connectivity index (χ0n) is 11.3. The minimum Gasteiger partial charge on any atom is -0.343 e. The van der Waals surface area contributed by atoms with Crippen LogP contribution in [-0.4, -0.2) is 46.3 Å². The fraction of sp³-hybridized carbons (Fsp3) is 0.846. The number of carbonyl (C=O) groups excluding carboxylic acids is 2. The van der Waals surface area contributed by atoms with Crippen molar-refractivity contribution in [2.45, 2.75) is 51.7 Å². The standard InChI is InChI=1S/C13H22N2O2S/c1-4-10-13(17)15(9-5-6-18-7-9)11(8(2)3)12(16)14-10/h8-11H,4-7H2,1-3H3,(H,14,16). The molecule has 4 nitrogen and oxygen atoms in total. The summed E-state index contributed by atoms with van der Waals surface area (Å²) in [6, 6.07) is -0.364. The van der Waals surface area contributed by atoms with E-state index >= 15 is 0 Å². The first-order chi connectivity index (χ1) is 8.56. The number of nitrogens with zero attached hydrogens (tertiary/aromatic N) is 1. The van der Waals surface area contributed by atoms with Crippen molar-refractivity contribution in [3.05, 3.63) is 0 Å². The molecule has 0 aliphatic carbocycles. The Labute approximate surface area is 113 Å². The molecule has 0 aromatic rings. The maximum atomic E-state index is 12.5. The van der Waals surface area contributed by atoms with Crippen molar-refractivity contribution in [3.63, 3.8) is 0 Å². The SMILES string of the molecule is CCC1NC(=O)C(C(C)C)N(C2CCSC2)C1=O. The van der Waals surface area contributed by atoms with Gasteiger partial charge in [0.1, 0.15) is 12.1 Å². The third kappa shape index (κ3) is 2.37. The first-order valence-corrected chi connectivity index (χ1v) is 7.92. The Hall–Kier alpha value is -0.710. The summed E-state index contributed by atoms with van der Waals surface area (Å²) in [6.45, 7) is 5.97. The van der Waals surface area contributed by atoms with Gasteiger partial charge in [0.2, 0.25) is 11.8 Å². The summed E-state index contributed by atoms with van der Waals surface area (Å²) in [5, 5.41) is 2.86. The Bertz CT molecular complexity index is 340. The van der Waals surface area contributed by atoms with Gasteiger partial charge in [0.25, 0.3) is 0 Å². The van der Waals surface area contributed by atoms with Crippen LogP contribution in [0.1, 0.15) is 33.6 Å². The van der Waals surface area contributed by atoms with Gasteiger partial charge in [-0.2, -0.15) is 11.8 Å². The summed E-state index contributed by atoms with van der Waals surface area (Å²) < 4.78 is 0. The summed E-state index contributed by atoms with van der Waals surface area (Å²) in [4.78, 5) is 26.6. The fourth-order valence-electron chi connectivity index (χ4n) is 2.81. The molecule has 2 aliphatic heterocycles. The van der Waals surface area contributed by atoms with Gasteiger partial charge in [0.15, 0.2) is 0 Å². The second-order valence-corrected chi connectivity index (χ2v) is 6.57. The smallest absolute Gasteiger partial charge is 0.246 e. The molecule has 2 amide bonds. The van der Waals surface area contributed by atoms with Crippen LogP contribution in [0.5, 0.6) is 0 Å². The first-order valence-electron chi connectivity index (χ1n) is 6.76. The molecule has 2 aliphatic rings. The maximum Gasteiger partial charge on any atom is 0.246 e. The van der Waals surface area contributed by atoms with E-state index in [1.54, 1.807) is 0 Å². The van der Waals surface area contributed by atoms with Crippen molar-refractivity contribution in [1.82, 2.24) is 10.2 Å². The van der Waals surface area contributed by atoms with Gasteiger partial charge >= 0.3 is 0 Å². The van der Waals surface area contributed by atoms with E-state index in [-0.39, 0.29) is 35.9 Å². The van der Waals surface area contributed by atoms with Gasteiger partial charge < -0.3 is 10.2 Å². The van der Waals surface area contributed by atoms with Crippen LogP contribution in [-0.2, 0) is 9.59 Å². The molecular formula is C13H22N2O2S. The number of nitrogens with one attached hydrogen (secondary N) is 1. The van der Waals surface area contributed by atoms with E-state index in [2.05, 4.69) is 5.32 Å². The van der Waals surface area contributed by atoms with Gasteiger partial charge in [0, 0.05) is 11.8 Å². The Balaban J connectivity index is 2.26. The average Bonchev–Trinajstić information content (AvgIpc) is 2.83. The predicted molar refractivity (Wildman–Crippen MR) is 73.4 cm³/mol. The summed E-state index contributed by atoms with van der Waals surface area (Å²) in [7, 11) is 0. The lowest BCUT2D eigenvalue weighted by atomic mass is 9.94. The highest BCUT2D eigenvalue weighted by atomic mass is 32.2. The van der Waals surface area contributed by atoms with Crippen LogP contribution in [0.25, 0.3) is 0 Å². The van der Waals surface area contributed by atoms with Crippen molar-refractivity contribution in [3.8, 4) is 0 Å². The Morgan fingerprint density at radius 2 is 2.17 bits per heavy atom. The summed E-state index contributed by atoms with van der Waals surface area (Å²) in [5.41, 5.74) is 0. The van der Waals surface area contributed by atoms with Gasteiger partial charge in [-0.15, -0.1) is 0 Å². The van der Waals surface area contributed by atoms with Crippen LogP contribution < -0.4 is 5.32 Å². The third-order valence-electron chi connectivity index (χ3n) is 3.78. The highest BCUT2D eigenvalue weighted by Gasteiger charge is 2.44. The third-order valence-corrected chi connectivity index (χ3v) is 4.92. The van der Waals surface area contributed by atoms with E-state index in [0.717, 1.165) is 17.9 Å². The first kappa shape index (κ1) is 13.7. The second-order valence-electron chi connectivity index (χ2n) is 5.42. The molecule has 2 rings (SSSR count). The van der Waals surface area contributed by atoms with E-state index in [4.69, 9.17) is 0 Å². The molecule has 0 radical (unpaired) electrons. The van der Waals surface area contributed by atoms with Gasteiger partial charge in [-0.1, -0.05) is 20.8 Å². The number of piperazine rings is 1. The number of carbonyl (C=O) groups is 2. The fourth-order valence-corrected chi connectivity index (χ4v) is 4.02. The number of hydrogen-bond acceptors (Lipinski definition) is 3. The van der Waals surface area contributed by atoms with Gasteiger partial charge in [-0.3, -0.25) is 9.59 Å². The van der Waals surface area contributed by atoms with Crippen LogP contribution in [0.2, 0.25) is 0 Å². The average molecular weight is 270 g/mol. The molecule has 3 atom stereocenters. The van der Waals surface area contributed by atoms with Crippen molar-refractivity contribution in [2.75, 3.05) is 11.5 Å². The van der Waals surface area contributed by atoms with Crippen molar-refractivity contribution < 1.29 is 9.59 Å². The minimum absolute atomic E-state index is 0.0216. The molecule has 5 heteroatoms. The topological polar surface area (TPSA) is 49.4 Å². The number of rotatable bonds is 3. The van der Waals surface area contributed by atoms with Crippen LogP contribution in [0.15, 0.2) is 0 Å². The Morgan fingerprint density at radius 3 is 2.67 bits per heavy atom. The van der Waals surface area contributed by atoms with Crippen LogP contribution in [0.4, 0.5) is 0 Å². The van der Waals surface area contributed by atoms with Gasteiger partial charge in [-0.05, 0) is 24.5 Å². The molecule has 0 spiro atoms. The van der Waals surface area contributed by atoms with Crippen LogP contribution in [0.3, 0.4) is 0 Å². The monoisotopic (exact) mass is 270 g/mol. The molecule has 1 N–H and O–H groups in total. The summed E-state index contributed by atoms with van der Waals surface area (Å²) in [6.07, 6.45) is 1.69. The Morgan fingerprint density at radius 1 is 1.44 bits per heavy atom. The lowest BCUT2D eigenvalue weighted by Gasteiger charge is -2.43. The highest BCUT2D eigenvalue weighted by molar-refractivity contribution is 7.99. The normalized spacial score (nSPS) is 33.1. The minimum atomic E-state index is -0.321. The number of thioether (sulfide) groups is 1. The molecule has 18 heavy (non-hydrogen) atoms. The van der Waals surface area contributed by atoms with E-state index in [9.17, 15) is 9.59 Å². The number of hydrogen-bond donors (Lipinski definition) is 1. The van der Waals surface area contributed by atoms with Crippen molar-refractivity contribution >= 4 is 23.6 Å². The maximum absolute atomic E-state index is 12.5. The van der Waals surface area contributed by atoms with Gasteiger partial charge in [-0.25, -0.2) is 0 Å². The molecular weight excluding hydrogens is 248 g/mol. The summed E-state index contributed by atoms with van der Waals surface area (Å²) in [5.74, 6) is 2.37. The van der Waals surface area contributed by atoms with Crippen LogP contribution >= 0.6 is 11.8 Å². The van der Waals surface area contributed by atoms with E-state index in [0.29, 0.717) is 6.42 Å². The number of amides is 2. The van der Waals surface area contributed by atoms with Crippen LogP contribution in [0, 0.1) is 5.92 Å².